The summed E-state index contributed by atoms with van der Waals surface area (Å²) < 4.78 is 15.0. The van der Waals surface area contributed by atoms with Crippen molar-refractivity contribution in [3.05, 3.63) is 70.3 Å². The number of benzene rings is 1. The fourth-order valence-corrected chi connectivity index (χ4v) is 3.95. The molecule has 3 heterocycles. The number of nitrogens with zero attached hydrogens (tertiary/aromatic N) is 4. The smallest absolute Gasteiger partial charge is 0.274 e. The van der Waals surface area contributed by atoms with Gasteiger partial charge in [0.05, 0.1) is 17.9 Å². The number of aryl methyl sites for hydroxylation is 1. The number of aromatic nitrogens is 4. The highest BCUT2D eigenvalue weighted by Crippen LogP contribution is 2.31. The maximum atomic E-state index is 13.6. The average molecular weight is 423 g/mol. The third-order valence-electron chi connectivity index (χ3n) is 5.62. The summed E-state index contributed by atoms with van der Waals surface area (Å²) in [6, 6.07) is 9.00. The van der Waals surface area contributed by atoms with Crippen LogP contribution in [0.2, 0.25) is 0 Å². The van der Waals surface area contributed by atoms with Crippen LogP contribution in [0.1, 0.15) is 61.4 Å². The number of amides is 1. The van der Waals surface area contributed by atoms with Crippen molar-refractivity contribution in [2.24, 2.45) is 0 Å². The second-order valence-electron chi connectivity index (χ2n) is 7.84. The maximum absolute atomic E-state index is 13.6. The number of rotatable bonds is 6. The van der Waals surface area contributed by atoms with Crippen LogP contribution in [0, 0.1) is 5.82 Å². The molecule has 1 saturated heterocycles. The van der Waals surface area contributed by atoms with E-state index in [4.69, 9.17) is 0 Å². The zero-order valence-electron chi connectivity index (χ0n) is 17.6. The van der Waals surface area contributed by atoms with Crippen molar-refractivity contribution in [3.8, 4) is 11.3 Å². The lowest BCUT2D eigenvalue weighted by molar-refractivity contribution is 0.0592. The van der Waals surface area contributed by atoms with Crippen LogP contribution in [0.5, 0.6) is 0 Å². The van der Waals surface area contributed by atoms with Crippen molar-refractivity contribution in [1.82, 2.24) is 24.6 Å². The molecule has 0 unspecified atom stereocenters. The van der Waals surface area contributed by atoms with Crippen LogP contribution in [0.4, 0.5) is 4.39 Å². The molecule has 1 aliphatic heterocycles. The lowest BCUT2D eigenvalue weighted by Crippen LogP contribution is -2.40. The summed E-state index contributed by atoms with van der Waals surface area (Å²) in [6.07, 6.45) is 6.09. The standard InChI is InChI=1S/C23H26FN5O2/c1-2-3-13-29-21(30)11-10-18(27-29)23(31)28-12-5-4-9-20(28)22-25-15-19(26-22)16-7-6-8-17(24)14-16/h6-8,10-11,14-15,20H,2-5,9,12-13H2,1H3,(H,25,26)/t20-/m0/s1. The number of likely N-dealkylation sites (tertiary alicyclic amines) is 1. The number of hydrogen-bond donors (Lipinski definition) is 1. The molecule has 7 nitrogen and oxygen atoms in total. The highest BCUT2D eigenvalue weighted by Gasteiger charge is 2.31. The SMILES string of the molecule is CCCCn1nc(C(=O)N2CCCC[C@H]2c2ncc(-c3cccc(F)c3)[nH]2)ccc1=O. The van der Waals surface area contributed by atoms with Gasteiger partial charge in [-0.3, -0.25) is 9.59 Å². The summed E-state index contributed by atoms with van der Waals surface area (Å²) in [7, 11) is 0. The van der Waals surface area contributed by atoms with Crippen molar-refractivity contribution < 1.29 is 9.18 Å². The number of nitrogens with one attached hydrogen (secondary N) is 1. The number of unbranched alkanes of at least 4 members (excludes halogenated alkanes) is 1. The van der Waals surface area contributed by atoms with Crippen LogP contribution in [0.15, 0.2) is 47.4 Å². The van der Waals surface area contributed by atoms with Gasteiger partial charge in [-0.25, -0.2) is 14.1 Å². The van der Waals surface area contributed by atoms with E-state index in [1.165, 1.54) is 28.9 Å². The minimum Gasteiger partial charge on any atom is -0.340 e. The van der Waals surface area contributed by atoms with E-state index in [2.05, 4.69) is 15.1 Å². The van der Waals surface area contributed by atoms with Gasteiger partial charge in [-0.2, -0.15) is 5.10 Å². The summed E-state index contributed by atoms with van der Waals surface area (Å²) in [5, 5.41) is 4.32. The first-order chi connectivity index (χ1) is 15.1. The summed E-state index contributed by atoms with van der Waals surface area (Å²) in [5.74, 6) is 0.151. The molecule has 4 rings (SSSR count). The van der Waals surface area contributed by atoms with Gasteiger partial charge in [0.2, 0.25) is 0 Å². The van der Waals surface area contributed by atoms with Crippen LogP contribution >= 0.6 is 0 Å². The molecule has 1 aromatic carbocycles. The topological polar surface area (TPSA) is 83.9 Å². The molecule has 31 heavy (non-hydrogen) atoms. The Hall–Kier alpha value is -3.29. The highest BCUT2D eigenvalue weighted by atomic mass is 19.1. The second-order valence-corrected chi connectivity index (χ2v) is 7.84. The first-order valence-corrected chi connectivity index (χ1v) is 10.8. The van der Waals surface area contributed by atoms with Gasteiger partial charge < -0.3 is 9.88 Å². The molecule has 1 aliphatic rings. The zero-order chi connectivity index (χ0) is 21.8. The molecule has 2 aromatic heterocycles. The number of halogens is 1. The first kappa shape index (κ1) is 21.0. The third kappa shape index (κ3) is 4.57. The van der Waals surface area contributed by atoms with E-state index in [9.17, 15) is 14.0 Å². The molecular formula is C23H26FN5O2. The second kappa shape index (κ2) is 9.24. The molecule has 0 bridgehead atoms. The van der Waals surface area contributed by atoms with Gasteiger partial charge >= 0.3 is 0 Å². The summed E-state index contributed by atoms with van der Waals surface area (Å²) in [5.41, 5.74) is 1.47. The molecule has 1 N–H and O–H groups in total. The summed E-state index contributed by atoms with van der Waals surface area (Å²) in [4.78, 5) is 34.9. The molecule has 162 valence electrons. The van der Waals surface area contributed by atoms with E-state index in [-0.39, 0.29) is 29.0 Å². The number of aromatic amines is 1. The van der Waals surface area contributed by atoms with Crippen molar-refractivity contribution in [2.75, 3.05) is 6.54 Å². The van der Waals surface area contributed by atoms with Crippen LogP contribution in [-0.2, 0) is 6.54 Å². The molecule has 8 heteroatoms. The van der Waals surface area contributed by atoms with E-state index in [0.717, 1.165) is 32.1 Å². The predicted molar refractivity (Wildman–Crippen MR) is 115 cm³/mol. The van der Waals surface area contributed by atoms with Crippen molar-refractivity contribution in [2.45, 2.75) is 51.6 Å². The largest absolute Gasteiger partial charge is 0.340 e. The van der Waals surface area contributed by atoms with Crippen molar-refractivity contribution in [1.29, 1.82) is 0 Å². The first-order valence-electron chi connectivity index (χ1n) is 10.8. The molecule has 0 aliphatic carbocycles. The van der Waals surface area contributed by atoms with Crippen LogP contribution in [0.3, 0.4) is 0 Å². The summed E-state index contributed by atoms with van der Waals surface area (Å²) in [6.45, 7) is 3.13. The fraction of sp³-hybridized carbons (Fsp3) is 0.391. The quantitative estimate of drug-likeness (QED) is 0.651. The molecule has 0 saturated carbocycles. The van der Waals surface area contributed by atoms with Gasteiger partial charge in [-0.15, -0.1) is 0 Å². The Labute approximate surface area is 179 Å². The number of imidazole rings is 1. The minimum atomic E-state index is -0.313. The molecule has 0 spiro atoms. The normalized spacial score (nSPS) is 16.5. The lowest BCUT2D eigenvalue weighted by Gasteiger charge is -2.34. The number of carbonyl (C=O) groups is 1. The maximum Gasteiger partial charge on any atom is 0.274 e. The number of piperidine rings is 1. The van der Waals surface area contributed by atoms with Crippen LogP contribution in [0.25, 0.3) is 11.3 Å². The van der Waals surface area contributed by atoms with Gasteiger partial charge in [0.25, 0.3) is 11.5 Å². The Morgan fingerprint density at radius 1 is 1.26 bits per heavy atom. The Morgan fingerprint density at radius 3 is 2.94 bits per heavy atom. The average Bonchev–Trinajstić information content (AvgIpc) is 3.28. The van der Waals surface area contributed by atoms with E-state index >= 15 is 0 Å². The monoisotopic (exact) mass is 423 g/mol. The van der Waals surface area contributed by atoms with Crippen molar-refractivity contribution in [3.63, 3.8) is 0 Å². The number of H-pyrrole nitrogens is 1. The van der Waals surface area contributed by atoms with E-state index < -0.39 is 0 Å². The lowest BCUT2D eigenvalue weighted by atomic mass is 10.0. The molecule has 1 fully saturated rings. The number of carbonyl (C=O) groups excluding carboxylic acids is 1. The third-order valence-corrected chi connectivity index (χ3v) is 5.62. The zero-order valence-corrected chi connectivity index (χ0v) is 17.6. The van der Waals surface area contributed by atoms with Gasteiger partial charge in [0, 0.05) is 24.7 Å². The van der Waals surface area contributed by atoms with E-state index in [1.54, 1.807) is 17.2 Å². The predicted octanol–water partition coefficient (Wildman–Crippen LogP) is 3.94. The Balaban J connectivity index is 1.60. The van der Waals surface area contributed by atoms with E-state index in [1.807, 2.05) is 13.0 Å². The Kier molecular flexibility index (Phi) is 6.25. The highest BCUT2D eigenvalue weighted by molar-refractivity contribution is 5.92. The molecule has 1 amide bonds. The molecule has 0 radical (unpaired) electrons. The van der Waals surface area contributed by atoms with Gasteiger partial charge in [0.1, 0.15) is 17.3 Å². The van der Waals surface area contributed by atoms with Gasteiger partial charge in [-0.05, 0) is 43.9 Å². The molecular weight excluding hydrogens is 397 g/mol. The Bertz CT molecular complexity index is 1120. The fourth-order valence-electron chi connectivity index (χ4n) is 3.95. The summed E-state index contributed by atoms with van der Waals surface area (Å²) >= 11 is 0. The van der Waals surface area contributed by atoms with Crippen LogP contribution in [-0.4, -0.2) is 37.1 Å². The molecule has 1 atom stereocenters. The van der Waals surface area contributed by atoms with E-state index in [0.29, 0.717) is 30.2 Å². The van der Waals surface area contributed by atoms with Crippen LogP contribution < -0.4 is 5.56 Å². The number of hydrogen-bond acceptors (Lipinski definition) is 4. The molecule has 3 aromatic rings. The van der Waals surface area contributed by atoms with Crippen molar-refractivity contribution >= 4 is 5.91 Å². The van der Waals surface area contributed by atoms with Gasteiger partial charge in [-0.1, -0.05) is 25.5 Å². The Morgan fingerprint density at radius 2 is 2.13 bits per heavy atom. The van der Waals surface area contributed by atoms with Gasteiger partial charge in [0.15, 0.2) is 0 Å². The minimum absolute atomic E-state index is 0.203.